The molecule has 0 aliphatic heterocycles. The number of rotatable bonds is 6. The van der Waals surface area contributed by atoms with E-state index >= 15 is 0 Å². The average molecular weight is 234 g/mol. The van der Waals surface area contributed by atoms with Gasteiger partial charge in [-0.3, -0.25) is 0 Å². The van der Waals surface area contributed by atoms with E-state index in [2.05, 4.69) is 20.8 Å². The third-order valence-electron chi connectivity index (χ3n) is 3.15. The van der Waals surface area contributed by atoms with Crippen molar-refractivity contribution in [2.24, 2.45) is 5.92 Å². The van der Waals surface area contributed by atoms with Gasteiger partial charge in [-0.05, 0) is 36.0 Å². The summed E-state index contributed by atoms with van der Waals surface area (Å²) in [5.74, 6) is 0.414. The molecule has 1 aromatic rings. The van der Waals surface area contributed by atoms with Gasteiger partial charge in [0.1, 0.15) is 0 Å². The molecule has 2 heteroatoms. The van der Waals surface area contributed by atoms with Gasteiger partial charge in [0, 0.05) is 0 Å². The van der Waals surface area contributed by atoms with E-state index in [1.807, 2.05) is 12.1 Å². The van der Waals surface area contributed by atoms with Crippen LogP contribution in [0, 0.1) is 5.92 Å². The molecule has 0 heterocycles. The Hall–Kier alpha value is -1.31. The van der Waals surface area contributed by atoms with Crippen molar-refractivity contribution >= 4 is 5.97 Å². The normalized spacial score (nSPS) is 12.7. The molecule has 0 saturated heterocycles. The maximum atomic E-state index is 10.7. The second kappa shape index (κ2) is 6.43. The second-order valence-corrected chi connectivity index (χ2v) is 5.15. The number of hydrogen-bond acceptors (Lipinski definition) is 1. The van der Waals surface area contributed by atoms with E-state index in [4.69, 9.17) is 5.11 Å². The highest BCUT2D eigenvalue weighted by atomic mass is 16.4. The molecule has 1 unspecified atom stereocenters. The van der Waals surface area contributed by atoms with E-state index in [0.29, 0.717) is 11.5 Å². The number of benzene rings is 1. The summed E-state index contributed by atoms with van der Waals surface area (Å²) in [6.45, 7) is 6.69. The Bertz CT molecular complexity index is 352. The molecule has 0 fully saturated rings. The Morgan fingerprint density at radius 1 is 1.12 bits per heavy atom. The van der Waals surface area contributed by atoms with Crippen LogP contribution < -0.4 is 0 Å². The smallest absolute Gasteiger partial charge is 0.335 e. The maximum absolute atomic E-state index is 10.7. The van der Waals surface area contributed by atoms with Crippen LogP contribution in [-0.2, 0) is 0 Å². The molecular formula is C15H22O2. The van der Waals surface area contributed by atoms with Gasteiger partial charge in [0.25, 0.3) is 0 Å². The highest BCUT2D eigenvalue weighted by Crippen LogP contribution is 2.22. The number of carboxylic acid groups (broad SMARTS) is 1. The lowest BCUT2D eigenvalue weighted by Crippen LogP contribution is -1.99. The summed E-state index contributed by atoms with van der Waals surface area (Å²) in [5, 5.41) is 8.82. The summed E-state index contributed by atoms with van der Waals surface area (Å²) in [6, 6.07) is 7.25. The molecule has 0 aromatic heterocycles. The minimum atomic E-state index is -0.857. The average Bonchev–Trinajstić information content (AvgIpc) is 2.28. The second-order valence-electron chi connectivity index (χ2n) is 5.15. The molecule has 2 nitrogen and oxygen atoms in total. The van der Waals surface area contributed by atoms with Crippen molar-refractivity contribution in [1.29, 1.82) is 0 Å². The fraction of sp³-hybridized carbons (Fsp3) is 0.533. The molecule has 0 bridgehead atoms. The van der Waals surface area contributed by atoms with E-state index in [9.17, 15) is 4.79 Å². The first kappa shape index (κ1) is 13.8. The number of aromatic carboxylic acids is 1. The van der Waals surface area contributed by atoms with Crippen molar-refractivity contribution in [2.45, 2.75) is 46.0 Å². The van der Waals surface area contributed by atoms with Crippen LogP contribution in [0.3, 0.4) is 0 Å². The highest BCUT2D eigenvalue weighted by Gasteiger charge is 2.07. The van der Waals surface area contributed by atoms with Gasteiger partial charge in [-0.2, -0.15) is 0 Å². The summed E-state index contributed by atoms with van der Waals surface area (Å²) in [5.41, 5.74) is 1.60. The van der Waals surface area contributed by atoms with Crippen LogP contribution >= 0.6 is 0 Å². The first-order valence-corrected chi connectivity index (χ1v) is 6.34. The van der Waals surface area contributed by atoms with Crippen molar-refractivity contribution in [1.82, 2.24) is 0 Å². The SMILES string of the molecule is CC(C)CCCC(C)c1ccc(C(=O)O)cc1. The van der Waals surface area contributed by atoms with Gasteiger partial charge in [0.2, 0.25) is 0 Å². The Labute approximate surface area is 104 Å². The minimum absolute atomic E-state index is 0.364. The van der Waals surface area contributed by atoms with Crippen LogP contribution in [0.5, 0.6) is 0 Å². The fourth-order valence-corrected chi connectivity index (χ4v) is 1.95. The lowest BCUT2D eigenvalue weighted by Gasteiger charge is -2.12. The van der Waals surface area contributed by atoms with Gasteiger partial charge in [0.05, 0.1) is 5.56 Å². The van der Waals surface area contributed by atoms with Gasteiger partial charge < -0.3 is 5.11 Å². The predicted octanol–water partition coefficient (Wildman–Crippen LogP) is 4.31. The number of carboxylic acids is 1. The van der Waals surface area contributed by atoms with Gasteiger partial charge in [-0.1, -0.05) is 45.7 Å². The van der Waals surface area contributed by atoms with E-state index in [1.54, 1.807) is 12.1 Å². The Morgan fingerprint density at radius 3 is 2.18 bits per heavy atom. The monoisotopic (exact) mass is 234 g/mol. The molecule has 0 aliphatic rings. The molecule has 0 amide bonds. The van der Waals surface area contributed by atoms with Crippen molar-refractivity contribution in [3.63, 3.8) is 0 Å². The standard InChI is InChI=1S/C15H22O2/c1-11(2)5-4-6-12(3)13-7-9-14(10-8-13)15(16)17/h7-12H,4-6H2,1-3H3,(H,16,17). The van der Waals surface area contributed by atoms with Crippen LogP contribution in [0.1, 0.15) is 61.9 Å². The van der Waals surface area contributed by atoms with Gasteiger partial charge >= 0.3 is 5.97 Å². The first-order chi connectivity index (χ1) is 8.00. The molecule has 1 N–H and O–H groups in total. The van der Waals surface area contributed by atoms with Crippen LogP contribution in [0.2, 0.25) is 0 Å². The van der Waals surface area contributed by atoms with Crippen molar-refractivity contribution in [2.75, 3.05) is 0 Å². The zero-order valence-corrected chi connectivity index (χ0v) is 10.9. The lowest BCUT2D eigenvalue weighted by atomic mass is 9.93. The van der Waals surface area contributed by atoms with Crippen molar-refractivity contribution in [3.8, 4) is 0 Å². The summed E-state index contributed by atoms with van der Waals surface area (Å²) in [4.78, 5) is 10.7. The van der Waals surface area contributed by atoms with Crippen LogP contribution in [-0.4, -0.2) is 11.1 Å². The van der Waals surface area contributed by atoms with E-state index < -0.39 is 5.97 Å². The summed E-state index contributed by atoms with van der Waals surface area (Å²) < 4.78 is 0. The molecule has 0 saturated carbocycles. The maximum Gasteiger partial charge on any atom is 0.335 e. The molecule has 1 atom stereocenters. The molecule has 17 heavy (non-hydrogen) atoms. The number of hydrogen-bond donors (Lipinski definition) is 1. The van der Waals surface area contributed by atoms with Crippen LogP contribution in [0.25, 0.3) is 0 Å². The quantitative estimate of drug-likeness (QED) is 0.796. The molecule has 0 spiro atoms. The predicted molar refractivity (Wildman–Crippen MR) is 70.5 cm³/mol. The largest absolute Gasteiger partial charge is 0.478 e. The lowest BCUT2D eigenvalue weighted by molar-refractivity contribution is 0.0697. The van der Waals surface area contributed by atoms with Crippen molar-refractivity contribution < 1.29 is 9.90 Å². The Morgan fingerprint density at radius 2 is 1.71 bits per heavy atom. The molecule has 0 aliphatic carbocycles. The first-order valence-electron chi connectivity index (χ1n) is 6.34. The van der Waals surface area contributed by atoms with Gasteiger partial charge in [0.15, 0.2) is 0 Å². The molecule has 0 radical (unpaired) electrons. The third-order valence-corrected chi connectivity index (χ3v) is 3.15. The van der Waals surface area contributed by atoms with E-state index in [0.717, 1.165) is 5.92 Å². The topological polar surface area (TPSA) is 37.3 Å². The molecule has 94 valence electrons. The van der Waals surface area contributed by atoms with Gasteiger partial charge in [-0.15, -0.1) is 0 Å². The van der Waals surface area contributed by atoms with Gasteiger partial charge in [-0.25, -0.2) is 4.79 Å². The summed E-state index contributed by atoms with van der Waals surface area (Å²) in [6.07, 6.45) is 3.67. The minimum Gasteiger partial charge on any atom is -0.478 e. The third kappa shape index (κ3) is 4.59. The van der Waals surface area contributed by atoms with E-state index in [-0.39, 0.29) is 0 Å². The Kier molecular flexibility index (Phi) is 5.20. The molecule has 1 aromatic carbocycles. The highest BCUT2D eigenvalue weighted by molar-refractivity contribution is 5.87. The van der Waals surface area contributed by atoms with E-state index in [1.165, 1.54) is 24.8 Å². The molecular weight excluding hydrogens is 212 g/mol. The number of carbonyl (C=O) groups is 1. The zero-order chi connectivity index (χ0) is 12.8. The Balaban J connectivity index is 2.51. The summed E-state index contributed by atoms with van der Waals surface area (Å²) >= 11 is 0. The summed E-state index contributed by atoms with van der Waals surface area (Å²) in [7, 11) is 0. The fourth-order valence-electron chi connectivity index (χ4n) is 1.95. The zero-order valence-electron chi connectivity index (χ0n) is 10.9. The molecule has 1 rings (SSSR count). The van der Waals surface area contributed by atoms with Crippen LogP contribution in [0.15, 0.2) is 24.3 Å². The van der Waals surface area contributed by atoms with Crippen LogP contribution in [0.4, 0.5) is 0 Å². The van der Waals surface area contributed by atoms with Crippen molar-refractivity contribution in [3.05, 3.63) is 35.4 Å².